The van der Waals surface area contributed by atoms with Crippen LogP contribution in [0.2, 0.25) is 0 Å². The molecule has 1 aromatic rings. The SMILES string of the molecule is CCCCNC(=O)c1ccc(NC(=O)CN2CCCCCC2)cc1. The normalized spacial score (nSPS) is 15.5. The molecule has 1 aliphatic heterocycles. The molecule has 0 aliphatic carbocycles. The maximum Gasteiger partial charge on any atom is 0.251 e. The lowest BCUT2D eigenvalue weighted by molar-refractivity contribution is -0.117. The zero-order valence-corrected chi connectivity index (χ0v) is 14.6. The molecule has 1 saturated heterocycles. The molecule has 24 heavy (non-hydrogen) atoms. The molecule has 2 N–H and O–H groups in total. The number of unbranched alkanes of at least 4 members (excludes halogenated alkanes) is 1. The molecule has 132 valence electrons. The van der Waals surface area contributed by atoms with E-state index < -0.39 is 0 Å². The molecule has 5 heteroatoms. The summed E-state index contributed by atoms with van der Waals surface area (Å²) in [4.78, 5) is 26.3. The molecule has 1 aromatic carbocycles. The van der Waals surface area contributed by atoms with Crippen molar-refractivity contribution in [1.29, 1.82) is 0 Å². The fraction of sp³-hybridized carbons (Fsp3) is 0.579. The van der Waals surface area contributed by atoms with Crippen molar-refractivity contribution < 1.29 is 9.59 Å². The van der Waals surface area contributed by atoms with E-state index in [1.54, 1.807) is 24.3 Å². The Kier molecular flexibility index (Phi) is 7.75. The summed E-state index contributed by atoms with van der Waals surface area (Å²) in [6.07, 6.45) is 6.92. The van der Waals surface area contributed by atoms with Crippen molar-refractivity contribution in [3.05, 3.63) is 29.8 Å². The van der Waals surface area contributed by atoms with Crippen LogP contribution in [0.4, 0.5) is 5.69 Å². The van der Waals surface area contributed by atoms with Crippen LogP contribution in [-0.4, -0.2) is 42.9 Å². The summed E-state index contributed by atoms with van der Waals surface area (Å²) in [5, 5.41) is 5.80. The summed E-state index contributed by atoms with van der Waals surface area (Å²) in [5.74, 6) is -0.0528. The van der Waals surface area contributed by atoms with Gasteiger partial charge in [0, 0.05) is 17.8 Å². The van der Waals surface area contributed by atoms with Gasteiger partial charge in [0.05, 0.1) is 6.54 Å². The van der Waals surface area contributed by atoms with E-state index in [2.05, 4.69) is 22.5 Å². The monoisotopic (exact) mass is 331 g/mol. The number of carbonyl (C=O) groups is 2. The van der Waals surface area contributed by atoms with Crippen LogP contribution in [0.15, 0.2) is 24.3 Å². The Hall–Kier alpha value is -1.88. The van der Waals surface area contributed by atoms with Gasteiger partial charge in [0.15, 0.2) is 0 Å². The summed E-state index contributed by atoms with van der Waals surface area (Å²) >= 11 is 0. The van der Waals surface area contributed by atoms with E-state index in [0.717, 1.165) is 31.6 Å². The summed E-state index contributed by atoms with van der Waals surface area (Å²) in [5.41, 5.74) is 1.36. The molecule has 0 bridgehead atoms. The quantitative estimate of drug-likeness (QED) is 0.755. The van der Waals surface area contributed by atoms with Crippen LogP contribution in [0.3, 0.4) is 0 Å². The maximum atomic E-state index is 12.2. The van der Waals surface area contributed by atoms with E-state index in [1.807, 2.05) is 0 Å². The zero-order valence-electron chi connectivity index (χ0n) is 14.6. The Bertz CT molecular complexity index is 520. The molecular weight excluding hydrogens is 302 g/mol. The summed E-state index contributed by atoms with van der Waals surface area (Å²) < 4.78 is 0. The van der Waals surface area contributed by atoms with Crippen molar-refractivity contribution in [1.82, 2.24) is 10.2 Å². The van der Waals surface area contributed by atoms with Crippen LogP contribution in [0, 0.1) is 0 Å². The third kappa shape index (κ3) is 6.32. The van der Waals surface area contributed by atoms with Gasteiger partial charge < -0.3 is 10.6 Å². The van der Waals surface area contributed by atoms with E-state index in [4.69, 9.17) is 0 Å². The molecular formula is C19H29N3O2. The summed E-state index contributed by atoms with van der Waals surface area (Å²) in [6.45, 7) is 5.24. The van der Waals surface area contributed by atoms with Crippen LogP contribution in [0.25, 0.3) is 0 Å². The number of amides is 2. The number of hydrogen-bond acceptors (Lipinski definition) is 3. The number of carbonyl (C=O) groups excluding carboxylic acids is 2. The van der Waals surface area contributed by atoms with E-state index in [0.29, 0.717) is 18.7 Å². The van der Waals surface area contributed by atoms with E-state index >= 15 is 0 Å². The van der Waals surface area contributed by atoms with Crippen molar-refractivity contribution in [3.8, 4) is 0 Å². The Balaban J connectivity index is 1.79. The lowest BCUT2D eigenvalue weighted by Crippen LogP contribution is -2.33. The Morgan fingerprint density at radius 3 is 2.33 bits per heavy atom. The second kappa shape index (κ2) is 10.1. The number of nitrogens with zero attached hydrogens (tertiary/aromatic N) is 1. The molecule has 5 nitrogen and oxygen atoms in total. The number of nitrogens with one attached hydrogen (secondary N) is 2. The lowest BCUT2D eigenvalue weighted by Gasteiger charge is -2.19. The Labute approximate surface area is 144 Å². The zero-order chi connectivity index (χ0) is 17.2. The van der Waals surface area contributed by atoms with Gasteiger partial charge in [-0.05, 0) is 56.6 Å². The van der Waals surface area contributed by atoms with Gasteiger partial charge in [-0.2, -0.15) is 0 Å². The summed E-state index contributed by atoms with van der Waals surface area (Å²) in [7, 11) is 0. The highest BCUT2D eigenvalue weighted by Gasteiger charge is 2.13. The third-order valence-corrected chi connectivity index (χ3v) is 4.31. The lowest BCUT2D eigenvalue weighted by atomic mass is 10.2. The minimum Gasteiger partial charge on any atom is -0.352 e. The van der Waals surface area contributed by atoms with Gasteiger partial charge in [0.25, 0.3) is 5.91 Å². The minimum absolute atomic E-state index is 0.0112. The first-order valence-corrected chi connectivity index (χ1v) is 9.09. The Morgan fingerprint density at radius 1 is 1.04 bits per heavy atom. The molecule has 2 amide bonds. The van der Waals surface area contributed by atoms with Crippen molar-refractivity contribution >= 4 is 17.5 Å². The number of benzene rings is 1. The molecule has 1 heterocycles. The second-order valence-corrected chi connectivity index (χ2v) is 6.43. The van der Waals surface area contributed by atoms with Crippen LogP contribution < -0.4 is 10.6 Å². The molecule has 1 aliphatic rings. The smallest absolute Gasteiger partial charge is 0.251 e. The highest BCUT2D eigenvalue weighted by Crippen LogP contribution is 2.12. The second-order valence-electron chi connectivity index (χ2n) is 6.43. The van der Waals surface area contributed by atoms with Gasteiger partial charge >= 0.3 is 0 Å². The first-order chi connectivity index (χ1) is 11.7. The number of likely N-dealkylation sites (tertiary alicyclic amines) is 1. The maximum absolute atomic E-state index is 12.2. The van der Waals surface area contributed by atoms with E-state index in [9.17, 15) is 9.59 Å². The number of anilines is 1. The first kappa shape index (κ1) is 18.5. The van der Waals surface area contributed by atoms with Gasteiger partial charge in [-0.25, -0.2) is 0 Å². The van der Waals surface area contributed by atoms with Gasteiger partial charge in [0.1, 0.15) is 0 Å². The van der Waals surface area contributed by atoms with Crippen molar-refractivity contribution in [2.75, 3.05) is 31.5 Å². The van der Waals surface area contributed by atoms with Gasteiger partial charge in [-0.3, -0.25) is 14.5 Å². The molecule has 2 rings (SSSR count). The van der Waals surface area contributed by atoms with Crippen LogP contribution >= 0.6 is 0 Å². The summed E-state index contributed by atoms with van der Waals surface area (Å²) in [6, 6.07) is 7.08. The van der Waals surface area contributed by atoms with Gasteiger partial charge in [0.2, 0.25) is 5.91 Å². The molecule has 0 radical (unpaired) electrons. The average molecular weight is 331 g/mol. The predicted molar refractivity (Wildman–Crippen MR) is 97.2 cm³/mol. The van der Waals surface area contributed by atoms with Crippen LogP contribution in [-0.2, 0) is 4.79 Å². The molecule has 0 aromatic heterocycles. The fourth-order valence-corrected chi connectivity index (χ4v) is 2.88. The number of rotatable bonds is 7. The van der Waals surface area contributed by atoms with Crippen molar-refractivity contribution in [3.63, 3.8) is 0 Å². The van der Waals surface area contributed by atoms with Crippen LogP contribution in [0.5, 0.6) is 0 Å². The predicted octanol–water partition coefficient (Wildman–Crippen LogP) is 3.03. The van der Waals surface area contributed by atoms with E-state index in [-0.39, 0.29) is 11.8 Å². The highest BCUT2D eigenvalue weighted by molar-refractivity contribution is 5.96. The molecule has 0 spiro atoms. The standard InChI is InChI=1S/C19H29N3O2/c1-2-3-12-20-19(24)16-8-10-17(11-9-16)21-18(23)15-22-13-6-4-5-7-14-22/h8-11H,2-7,12-15H2,1H3,(H,20,24)(H,21,23). The number of hydrogen-bond donors (Lipinski definition) is 2. The van der Waals surface area contributed by atoms with Crippen molar-refractivity contribution in [2.45, 2.75) is 45.4 Å². The molecule has 1 fully saturated rings. The van der Waals surface area contributed by atoms with Gasteiger partial charge in [-0.1, -0.05) is 26.2 Å². The third-order valence-electron chi connectivity index (χ3n) is 4.31. The van der Waals surface area contributed by atoms with Crippen molar-refractivity contribution in [2.24, 2.45) is 0 Å². The molecule has 0 unspecified atom stereocenters. The van der Waals surface area contributed by atoms with Crippen LogP contribution in [0.1, 0.15) is 55.8 Å². The molecule has 0 saturated carbocycles. The Morgan fingerprint density at radius 2 is 1.71 bits per heavy atom. The van der Waals surface area contributed by atoms with E-state index in [1.165, 1.54) is 25.7 Å². The first-order valence-electron chi connectivity index (χ1n) is 9.09. The topological polar surface area (TPSA) is 61.4 Å². The van der Waals surface area contributed by atoms with Gasteiger partial charge in [-0.15, -0.1) is 0 Å². The largest absolute Gasteiger partial charge is 0.352 e. The molecule has 0 atom stereocenters. The highest BCUT2D eigenvalue weighted by atomic mass is 16.2. The fourth-order valence-electron chi connectivity index (χ4n) is 2.88. The average Bonchev–Trinajstić information content (AvgIpc) is 2.84. The minimum atomic E-state index is -0.0640.